The molecule has 0 spiro atoms. The molecule has 0 amide bonds. The van der Waals surface area contributed by atoms with E-state index in [-0.39, 0.29) is 21.7 Å². The van der Waals surface area contributed by atoms with Crippen molar-refractivity contribution in [2.45, 2.75) is 105 Å². The van der Waals surface area contributed by atoms with Gasteiger partial charge < -0.3 is 18.6 Å². The fraction of sp³-hybridized carbons (Fsp3) is 0.229. The molecule has 0 aliphatic rings. The predicted octanol–water partition coefficient (Wildman–Crippen LogP) is 20.1. The topological polar surface area (TPSA) is 15.3 Å². The zero-order valence-corrected chi connectivity index (χ0v) is 45.1. The van der Waals surface area contributed by atoms with Gasteiger partial charge in [0.15, 0.2) is 0 Å². The molecule has 4 aromatic heterocycles. The van der Waals surface area contributed by atoms with E-state index < -0.39 is 0 Å². The Balaban J connectivity index is 1.26. The van der Waals surface area contributed by atoms with Gasteiger partial charge in [-0.25, -0.2) is 0 Å². The van der Waals surface area contributed by atoms with Crippen molar-refractivity contribution in [2.75, 3.05) is 9.80 Å². The van der Waals surface area contributed by atoms with Crippen LogP contribution in [0, 0.1) is 0 Å². The molecule has 0 unspecified atom stereocenters. The Morgan fingerprint density at radius 2 is 0.514 bits per heavy atom. The summed E-state index contributed by atoms with van der Waals surface area (Å²) in [7, 11) is 0. The van der Waals surface area contributed by atoms with E-state index in [0.717, 1.165) is 22.7 Å². The number of hydrogen-bond donors (Lipinski definition) is 0. The van der Waals surface area contributed by atoms with Gasteiger partial charge in [-0.2, -0.15) is 0 Å². The summed E-state index contributed by atoms with van der Waals surface area (Å²) in [4.78, 5) is 4.98. The van der Waals surface area contributed by atoms with Gasteiger partial charge in [-0.1, -0.05) is 156 Å². The van der Waals surface area contributed by atoms with Crippen LogP contribution >= 0.6 is 0 Å². The highest BCUT2D eigenvalue weighted by molar-refractivity contribution is 6.36. The maximum absolute atomic E-state index is 2.65. The number of benzene rings is 9. The lowest BCUT2D eigenvalue weighted by molar-refractivity contribution is 0.591. The van der Waals surface area contributed by atoms with Crippen LogP contribution in [0.5, 0.6) is 0 Å². The van der Waals surface area contributed by atoms with Crippen molar-refractivity contribution in [1.29, 1.82) is 0 Å². The average Bonchev–Trinajstić information content (AvgIpc) is 4.15. The van der Waals surface area contributed by atoms with Crippen LogP contribution in [0.3, 0.4) is 0 Å². The Morgan fingerprint density at radius 1 is 0.270 bits per heavy atom. The van der Waals surface area contributed by atoms with Crippen molar-refractivity contribution in [3.63, 3.8) is 0 Å². The van der Waals surface area contributed by atoms with Crippen molar-refractivity contribution in [3.8, 4) is 0 Å². The van der Waals surface area contributed by atoms with Crippen molar-refractivity contribution in [1.82, 2.24) is 8.80 Å². The summed E-state index contributed by atoms with van der Waals surface area (Å²) in [5.41, 5.74) is 19.2. The number of rotatable bonds is 6. The Kier molecular flexibility index (Phi) is 9.85. The Morgan fingerprint density at radius 3 is 0.784 bits per heavy atom. The summed E-state index contributed by atoms with van der Waals surface area (Å²) in [6.45, 7) is 28.3. The lowest BCUT2D eigenvalue weighted by atomic mass is 9.83. The second-order valence-corrected chi connectivity index (χ2v) is 25.2. The first-order chi connectivity index (χ1) is 35.3. The van der Waals surface area contributed by atoms with Gasteiger partial charge in [0.05, 0.1) is 44.5 Å². The molecule has 4 nitrogen and oxygen atoms in total. The fourth-order valence-electron chi connectivity index (χ4n) is 12.1. The molecule has 13 aromatic rings. The van der Waals surface area contributed by atoms with E-state index >= 15 is 0 Å². The van der Waals surface area contributed by atoms with Crippen LogP contribution in [-0.4, -0.2) is 8.80 Å². The molecule has 0 bridgehead atoms. The van der Waals surface area contributed by atoms with Crippen LogP contribution < -0.4 is 9.80 Å². The summed E-state index contributed by atoms with van der Waals surface area (Å²) in [6, 6.07) is 68.8. The molecule has 0 aliphatic carbocycles. The highest BCUT2D eigenvalue weighted by Crippen LogP contribution is 2.54. The van der Waals surface area contributed by atoms with Crippen molar-refractivity contribution in [2.24, 2.45) is 0 Å². The minimum absolute atomic E-state index is 0.105. The predicted molar refractivity (Wildman–Crippen MR) is 320 cm³/mol. The normalized spacial score (nSPS) is 13.1. The van der Waals surface area contributed by atoms with E-state index in [4.69, 9.17) is 0 Å². The van der Waals surface area contributed by atoms with E-state index in [9.17, 15) is 0 Å². The molecular formula is C70H66N4. The molecule has 0 fully saturated rings. The molecule has 74 heavy (non-hydrogen) atoms. The number of fused-ring (bicyclic) bond motifs is 13. The second-order valence-electron chi connectivity index (χ2n) is 25.2. The van der Waals surface area contributed by atoms with E-state index in [1.54, 1.807) is 0 Å². The molecule has 9 aromatic carbocycles. The summed E-state index contributed by atoms with van der Waals surface area (Å²) < 4.78 is 5.29. The molecule has 0 radical (unpaired) electrons. The van der Waals surface area contributed by atoms with E-state index in [1.807, 2.05) is 0 Å². The van der Waals surface area contributed by atoms with Crippen LogP contribution in [-0.2, 0) is 21.7 Å². The maximum Gasteiger partial charge on any atom is 0.0783 e. The Bertz CT molecular complexity index is 3940. The van der Waals surface area contributed by atoms with Gasteiger partial charge in [0.2, 0.25) is 0 Å². The highest BCUT2D eigenvalue weighted by Gasteiger charge is 2.33. The third-order valence-electron chi connectivity index (χ3n) is 16.1. The molecule has 366 valence electrons. The van der Waals surface area contributed by atoms with Gasteiger partial charge in [-0.15, -0.1) is 0 Å². The van der Waals surface area contributed by atoms with E-state index in [1.165, 1.54) is 110 Å². The lowest BCUT2D eigenvalue weighted by Crippen LogP contribution is -2.15. The number of nitrogens with zero attached hydrogens (tertiary/aromatic N) is 4. The largest absolute Gasteiger partial charge is 0.308 e. The van der Waals surface area contributed by atoms with E-state index in [0.29, 0.717) is 0 Å². The molecule has 4 heterocycles. The highest BCUT2D eigenvalue weighted by atomic mass is 15.2. The molecule has 0 atom stereocenters. The van der Waals surface area contributed by atoms with Gasteiger partial charge in [0.25, 0.3) is 0 Å². The smallest absolute Gasteiger partial charge is 0.0783 e. The second kappa shape index (κ2) is 15.8. The SMILES string of the molecule is CC(C)(C)c1cc(N(c2ccccc2)c2ccccc2)c2c(c1)c1cc(C(C)(C)C)cc3c4c5c6cc(C(C)(C)C)cc7c8cc(C(C)(C)C)cc(N(c9ccccc9)c9ccccc9)c8n(c5ccc4n2c13)c76. The van der Waals surface area contributed by atoms with Gasteiger partial charge in [0.1, 0.15) is 0 Å². The standard InChI is InChI=1S/C70H66N4/c1-67(2,3)43-35-51-53-37-45(69(7,8)9)41-59(71(47-25-17-13-18-26-47)48-27-19-14-20-28-48)65(53)73-57-33-34-58-62(61(57)55(39-43)63(51)73)56-40-44(68(4,5)6)36-52-54-38-46(70(10,11)12)42-60(66(54)74(58)64(52)56)72(49-29-21-15-22-30-49)50-31-23-16-24-32-50/h13-42H,1-12H3. The van der Waals surface area contributed by atoms with Crippen LogP contribution in [0.1, 0.15) is 105 Å². The third kappa shape index (κ3) is 6.86. The van der Waals surface area contributed by atoms with Crippen LogP contribution in [0.2, 0.25) is 0 Å². The molecule has 0 saturated heterocycles. The first-order valence-electron chi connectivity index (χ1n) is 26.6. The number of hydrogen-bond acceptors (Lipinski definition) is 2. The number of aromatic nitrogens is 2. The molecule has 13 rings (SSSR count). The fourth-order valence-corrected chi connectivity index (χ4v) is 12.1. The summed E-state index contributed by atoms with van der Waals surface area (Å²) >= 11 is 0. The minimum Gasteiger partial charge on any atom is -0.308 e. The first-order valence-corrected chi connectivity index (χ1v) is 26.6. The quantitative estimate of drug-likeness (QED) is 0.165. The maximum atomic E-state index is 2.65. The van der Waals surface area contributed by atoms with Crippen LogP contribution in [0.4, 0.5) is 34.1 Å². The summed E-state index contributed by atoms with van der Waals surface area (Å²) in [5.74, 6) is 0. The van der Waals surface area contributed by atoms with Gasteiger partial charge in [-0.3, -0.25) is 0 Å². The number of anilines is 6. The molecule has 0 saturated carbocycles. The third-order valence-corrected chi connectivity index (χ3v) is 16.1. The Labute approximate surface area is 435 Å². The zero-order valence-electron chi connectivity index (χ0n) is 45.1. The average molecular weight is 963 g/mol. The van der Waals surface area contributed by atoms with E-state index in [2.05, 4.69) is 284 Å². The Hall–Kier alpha value is -7.82. The summed E-state index contributed by atoms with van der Waals surface area (Å²) in [6.07, 6.45) is 0. The van der Waals surface area contributed by atoms with Gasteiger partial charge >= 0.3 is 0 Å². The molecule has 0 aliphatic heterocycles. The summed E-state index contributed by atoms with van der Waals surface area (Å²) in [5, 5.41) is 10.4. The van der Waals surface area contributed by atoms with Gasteiger partial charge in [-0.05, 0) is 153 Å². The van der Waals surface area contributed by atoms with Crippen molar-refractivity contribution >= 4 is 110 Å². The molecule has 4 heteroatoms. The van der Waals surface area contributed by atoms with Crippen LogP contribution in [0.25, 0.3) is 76.2 Å². The van der Waals surface area contributed by atoms with Crippen molar-refractivity contribution < 1.29 is 0 Å². The minimum atomic E-state index is -0.108. The zero-order chi connectivity index (χ0) is 51.4. The molecule has 0 N–H and O–H groups in total. The lowest BCUT2D eigenvalue weighted by Gasteiger charge is -2.29. The number of para-hydroxylation sites is 4. The first kappa shape index (κ1) is 46.0. The monoisotopic (exact) mass is 963 g/mol. The van der Waals surface area contributed by atoms with Crippen molar-refractivity contribution in [3.05, 3.63) is 204 Å². The molecular weight excluding hydrogens is 897 g/mol. The van der Waals surface area contributed by atoms with Gasteiger partial charge in [0, 0.05) is 65.8 Å². The van der Waals surface area contributed by atoms with Crippen LogP contribution in [0.15, 0.2) is 182 Å².